The van der Waals surface area contributed by atoms with Gasteiger partial charge in [-0.1, -0.05) is 29.8 Å². The van der Waals surface area contributed by atoms with Gasteiger partial charge in [0.05, 0.1) is 17.8 Å². The lowest BCUT2D eigenvalue weighted by Crippen LogP contribution is -2.24. The summed E-state index contributed by atoms with van der Waals surface area (Å²) in [6, 6.07) is 15.3. The maximum absolute atomic E-state index is 12.7. The standard InChI is InChI=1S/C25H26N4O3/c1-17-4-6-18(7-5-17)21-16-23(32-14-13-30)20-9-8-19(15-22(20)29-21)25(31)28-10-2-3-24-26-11-12-27-24/h4-9,11-12,15-16,30H,2-3,10,13-14H2,1H3,(H,26,27)(H,28,31). The van der Waals surface area contributed by atoms with Gasteiger partial charge in [-0.05, 0) is 31.5 Å². The quantitative estimate of drug-likeness (QED) is 0.352. The van der Waals surface area contributed by atoms with Crippen molar-refractivity contribution in [2.24, 2.45) is 0 Å². The fourth-order valence-corrected chi connectivity index (χ4v) is 3.48. The largest absolute Gasteiger partial charge is 0.490 e. The van der Waals surface area contributed by atoms with E-state index in [4.69, 9.17) is 9.72 Å². The minimum absolute atomic E-state index is 0.0812. The van der Waals surface area contributed by atoms with Crippen LogP contribution in [-0.2, 0) is 6.42 Å². The Bertz CT molecular complexity index is 1190. The second kappa shape index (κ2) is 10.1. The van der Waals surface area contributed by atoms with Crippen molar-refractivity contribution in [1.29, 1.82) is 0 Å². The molecule has 4 rings (SSSR count). The van der Waals surface area contributed by atoms with E-state index in [0.29, 0.717) is 23.4 Å². The third-order valence-electron chi connectivity index (χ3n) is 5.16. The average molecular weight is 431 g/mol. The van der Waals surface area contributed by atoms with Gasteiger partial charge in [0.25, 0.3) is 5.91 Å². The second-order valence-corrected chi connectivity index (χ2v) is 7.57. The highest BCUT2D eigenvalue weighted by atomic mass is 16.5. The molecule has 3 N–H and O–H groups in total. The predicted molar refractivity (Wildman–Crippen MR) is 124 cm³/mol. The molecule has 0 aliphatic carbocycles. The molecule has 0 spiro atoms. The summed E-state index contributed by atoms with van der Waals surface area (Å²) < 4.78 is 5.77. The van der Waals surface area contributed by atoms with Crippen molar-refractivity contribution in [1.82, 2.24) is 20.3 Å². The number of rotatable bonds is 9. The van der Waals surface area contributed by atoms with Crippen LogP contribution >= 0.6 is 0 Å². The van der Waals surface area contributed by atoms with Gasteiger partial charge in [-0.3, -0.25) is 4.79 Å². The second-order valence-electron chi connectivity index (χ2n) is 7.57. The van der Waals surface area contributed by atoms with Gasteiger partial charge in [-0.15, -0.1) is 0 Å². The van der Waals surface area contributed by atoms with Gasteiger partial charge in [-0.2, -0.15) is 0 Å². The lowest BCUT2D eigenvalue weighted by atomic mass is 10.1. The van der Waals surface area contributed by atoms with Gasteiger partial charge in [0, 0.05) is 47.9 Å². The summed E-state index contributed by atoms with van der Waals surface area (Å²) in [5.41, 5.74) is 4.08. The van der Waals surface area contributed by atoms with Crippen LogP contribution in [0.15, 0.2) is 60.9 Å². The third-order valence-corrected chi connectivity index (χ3v) is 5.16. The van der Waals surface area contributed by atoms with Crippen LogP contribution in [0.1, 0.15) is 28.2 Å². The van der Waals surface area contributed by atoms with Crippen LogP contribution in [-0.4, -0.2) is 45.7 Å². The number of imidazole rings is 1. The number of nitrogens with one attached hydrogen (secondary N) is 2. The van der Waals surface area contributed by atoms with Gasteiger partial charge >= 0.3 is 0 Å². The Morgan fingerprint density at radius 2 is 2.00 bits per heavy atom. The van der Waals surface area contributed by atoms with E-state index >= 15 is 0 Å². The Kier molecular flexibility index (Phi) is 6.77. The Balaban J connectivity index is 1.56. The molecule has 0 unspecified atom stereocenters. The summed E-state index contributed by atoms with van der Waals surface area (Å²) in [5.74, 6) is 1.39. The molecule has 0 aliphatic rings. The van der Waals surface area contributed by atoms with E-state index in [1.807, 2.05) is 43.3 Å². The van der Waals surface area contributed by atoms with E-state index in [1.165, 1.54) is 0 Å². The van der Waals surface area contributed by atoms with Crippen LogP contribution in [0, 0.1) is 6.92 Å². The minimum Gasteiger partial charge on any atom is -0.490 e. The number of aryl methyl sites for hydroxylation is 2. The highest BCUT2D eigenvalue weighted by Gasteiger charge is 2.12. The molecule has 4 aromatic rings. The maximum Gasteiger partial charge on any atom is 0.251 e. The van der Waals surface area contributed by atoms with Crippen molar-refractivity contribution in [2.75, 3.05) is 19.8 Å². The van der Waals surface area contributed by atoms with E-state index in [2.05, 4.69) is 15.3 Å². The number of amides is 1. The zero-order valence-corrected chi connectivity index (χ0v) is 18.0. The van der Waals surface area contributed by atoms with Crippen LogP contribution in [0.25, 0.3) is 22.2 Å². The Labute approximate surface area is 186 Å². The number of H-pyrrole nitrogens is 1. The number of benzene rings is 2. The predicted octanol–water partition coefficient (Wildman–Crippen LogP) is 3.67. The molecule has 32 heavy (non-hydrogen) atoms. The summed E-state index contributed by atoms with van der Waals surface area (Å²) in [5, 5.41) is 12.9. The van der Waals surface area contributed by atoms with Gasteiger partial charge in [0.15, 0.2) is 0 Å². The zero-order valence-electron chi connectivity index (χ0n) is 18.0. The van der Waals surface area contributed by atoms with Gasteiger partial charge in [-0.25, -0.2) is 9.97 Å². The summed E-state index contributed by atoms with van der Waals surface area (Å²) in [6.07, 6.45) is 5.08. The SMILES string of the molecule is Cc1ccc(-c2cc(OCCO)c3ccc(C(=O)NCCCc4ncc[nH]4)cc3n2)cc1. The molecule has 1 amide bonds. The lowest BCUT2D eigenvalue weighted by Gasteiger charge is -2.12. The summed E-state index contributed by atoms with van der Waals surface area (Å²) in [4.78, 5) is 24.7. The normalized spacial score (nSPS) is 10.9. The van der Waals surface area contributed by atoms with Gasteiger partial charge in [0.2, 0.25) is 0 Å². The van der Waals surface area contributed by atoms with Crippen molar-refractivity contribution in [2.45, 2.75) is 19.8 Å². The number of fused-ring (bicyclic) bond motifs is 1. The summed E-state index contributed by atoms with van der Waals surface area (Å²) in [7, 11) is 0. The molecular weight excluding hydrogens is 404 g/mol. The minimum atomic E-state index is -0.147. The van der Waals surface area contributed by atoms with Crippen molar-refractivity contribution in [3.05, 3.63) is 77.9 Å². The fraction of sp³-hybridized carbons (Fsp3) is 0.240. The number of hydrogen-bond donors (Lipinski definition) is 3. The van der Waals surface area contributed by atoms with Gasteiger partial charge < -0.3 is 20.1 Å². The molecule has 0 saturated carbocycles. The number of aromatic nitrogens is 3. The Morgan fingerprint density at radius 1 is 1.16 bits per heavy atom. The van der Waals surface area contributed by atoms with Crippen LogP contribution in [0.2, 0.25) is 0 Å². The highest BCUT2D eigenvalue weighted by Crippen LogP contribution is 2.31. The van der Waals surface area contributed by atoms with E-state index in [-0.39, 0.29) is 19.1 Å². The number of aliphatic hydroxyl groups excluding tert-OH is 1. The topological polar surface area (TPSA) is 100 Å². The van der Waals surface area contributed by atoms with Crippen LogP contribution in [0.3, 0.4) is 0 Å². The zero-order chi connectivity index (χ0) is 22.3. The molecule has 0 atom stereocenters. The highest BCUT2D eigenvalue weighted by molar-refractivity contribution is 5.99. The number of ether oxygens (including phenoxy) is 1. The first-order valence-corrected chi connectivity index (χ1v) is 10.7. The fourth-order valence-electron chi connectivity index (χ4n) is 3.48. The first-order chi connectivity index (χ1) is 15.6. The molecule has 0 fully saturated rings. The van der Waals surface area contributed by atoms with E-state index in [0.717, 1.165) is 40.9 Å². The number of carbonyl (C=O) groups is 1. The molecule has 0 aliphatic heterocycles. The Morgan fingerprint density at radius 3 is 2.75 bits per heavy atom. The number of nitrogens with zero attached hydrogens (tertiary/aromatic N) is 2. The number of pyridine rings is 1. The molecule has 2 aromatic heterocycles. The monoisotopic (exact) mass is 430 g/mol. The van der Waals surface area contributed by atoms with E-state index in [1.54, 1.807) is 24.5 Å². The van der Waals surface area contributed by atoms with Crippen LogP contribution in [0.4, 0.5) is 0 Å². The van der Waals surface area contributed by atoms with Crippen molar-refractivity contribution in [3.63, 3.8) is 0 Å². The van der Waals surface area contributed by atoms with Crippen molar-refractivity contribution >= 4 is 16.8 Å². The first-order valence-electron chi connectivity index (χ1n) is 10.7. The number of carbonyl (C=O) groups excluding carboxylic acids is 1. The third kappa shape index (κ3) is 5.12. The summed E-state index contributed by atoms with van der Waals surface area (Å²) >= 11 is 0. The van der Waals surface area contributed by atoms with E-state index < -0.39 is 0 Å². The smallest absolute Gasteiger partial charge is 0.251 e. The van der Waals surface area contributed by atoms with Crippen LogP contribution < -0.4 is 10.1 Å². The summed E-state index contributed by atoms with van der Waals surface area (Å²) in [6.45, 7) is 2.69. The Hall–Kier alpha value is -3.71. The molecule has 0 bridgehead atoms. The molecule has 0 radical (unpaired) electrons. The molecule has 0 saturated heterocycles. The number of hydrogen-bond acceptors (Lipinski definition) is 5. The number of aromatic amines is 1. The number of aliphatic hydroxyl groups is 1. The van der Waals surface area contributed by atoms with E-state index in [9.17, 15) is 9.90 Å². The molecule has 2 heterocycles. The molecule has 2 aromatic carbocycles. The van der Waals surface area contributed by atoms with Gasteiger partial charge in [0.1, 0.15) is 18.2 Å². The first kappa shape index (κ1) is 21.5. The average Bonchev–Trinajstić information content (AvgIpc) is 3.33. The van der Waals surface area contributed by atoms with Crippen molar-refractivity contribution < 1.29 is 14.6 Å². The lowest BCUT2D eigenvalue weighted by molar-refractivity contribution is 0.0953. The molecule has 7 nitrogen and oxygen atoms in total. The maximum atomic E-state index is 12.7. The molecule has 164 valence electrons. The van der Waals surface area contributed by atoms with Crippen LogP contribution in [0.5, 0.6) is 5.75 Å². The molecule has 7 heteroatoms. The molecular formula is C25H26N4O3. The van der Waals surface area contributed by atoms with Crippen molar-refractivity contribution in [3.8, 4) is 17.0 Å².